The molecule has 0 saturated carbocycles. The van der Waals surface area contributed by atoms with Gasteiger partial charge in [-0.2, -0.15) is 0 Å². The fourth-order valence-electron chi connectivity index (χ4n) is 2.02. The molecule has 0 radical (unpaired) electrons. The van der Waals surface area contributed by atoms with Gasteiger partial charge in [-0.1, -0.05) is 29.8 Å². The van der Waals surface area contributed by atoms with Crippen LogP contribution < -0.4 is 15.4 Å². The largest absolute Gasteiger partial charge is 0.481 e. The van der Waals surface area contributed by atoms with Crippen LogP contribution in [0.1, 0.15) is 11.1 Å². The van der Waals surface area contributed by atoms with Crippen molar-refractivity contribution in [1.29, 1.82) is 0 Å². The molecule has 0 unspecified atom stereocenters. The first-order valence-corrected chi connectivity index (χ1v) is 7.77. The van der Waals surface area contributed by atoms with Gasteiger partial charge in [-0.3, -0.25) is 4.99 Å². The zero-order valence-corrected chi connectivity index (χ0v) is 16.8. The maximum Gasteiger partial charge on any atom is 0.212 e. The van der Waals surface area contributed by atoms with Crippen molar-refractivity contribution >= 4 is 41.5 Å². The van der Waals surface area contributed by atoms with Gasteiger partial charge in [-0.25, -0.2) is 4.98 Å². The molecule has 0 atom stereocenters. The molecule has 24 heavy (non-hydrogen) atoms. The maximum absolute atomic E-state index is 5.88. The maximum atomic E-state index is 5.88. The highest BCUT2D eigenvalue weighted by Crippen LogP contribution is 2.09. The van der Waals surface area contributed by atoms with Gasteiger partial charge >= 0.3 is 0 Å². The average molecular weight is 461 g/mol. The Morgan fingerprint density at radius 3 is 2.42 bits per heavy atom. The summed E-state index contributed by atoms with van der Waals surface area (Å²) in [5, 5.41) is 7.30. The van der Waals surface area contributed by atoms with E-state index in [1.165, 1.54) is 5.56 Å². The third kappa shape index (κ3) is 6.92. The highest BCUT2D eigenvalue weighted by molar-refractivity contribution is 14.0. The van der Waals surface area contributed by atoms with E-state index >= 15 is 0 Å². The van der Waals surface area contributed by atoms with Crippen LogP contribution in [0.25, 0.3) is 0 Å². The second-order valence-electron chi connectivity index (χ2n) is 4.94. The second kappa shape index (κ2) is 11.1. The van der Waals surface area contributed by atoms with E-state index in [9.17, 15) is 0 Å². The van der Waals surface area contributed by atoms with Crippen molar-refractivity contribution < 1.29 is 4.74 Å². The number of hydrogen-bond acceptors (Lipinski definition) is 3. The molecule has 0 aliphatic carbocycles. The Bertz CT molecular complexity index is 632. The average Bonchev–Trinajstić information content (AvgIpc) is 2.60. The van der Waals surface area contributed by atoms with E-state index in [1.54, 1.807) is 20.4 Å². The van der Waals surface area contributed by atoms with Crippen molar-refractivity contribution in [2.24, 2.45) is 4.99 Å². The second-order valence-corrected chi connectivity index (χ2v) is 5.37. The van der Waals surface area contributed by atoms with Crippen LogP contribution in [0.5, 0.6) is 5.88 Å². The molecule has 1 heterocycles. The van der Waals surface area contributed by atoms with Crippen LogP contribution in [0, 0.1) is 0 Å². The number of rotatable bonds is 6. The lowest BCUT2D eigenvalue weighted by molar-refractivity contribution is 0.397. The number of hydrogen-bond donors (Lipinski definition) is 2. The van der Waals surface area contributed by atoms with Gasteiger partial charge in [0.25, 0.3) is 0 Å². The Morgan fingerprint density at radius 2 is 1.83 bits per heavy atom. The Labute approximate surface area is 164 Å². The predicted molar refractivity (Wildman–Crippen MR) is 110 cm³/mol. The number of pyridine rings is 1. The minimum atomic E-state index is 0. The first-order chi connectivity index (χ1) is 11.2. The van der Waals surface area contributed by atoms with Gasteiger partial charge in [-0.05, 0) is 29.7 Å². The van der Waals surface area contributed by atoms with Crippen LogP contribution in [0.3, 0.4) is 0 Å². The van der Waals surface area contributed by atoms with E-state index in [0.717, 1.165) is 29.5 Å². The summed E-state index contributed by atoms with van der Waals surface area (Å²) in [4.78, 5) is 8.39. The first kappa shape index (κ1) is 20.5. The summed E-state index contributed by atoms with van der Waals surface area (Å²) in [6.45, 7) is 1.44. The van der Waals surface area contributed by atoms with Gasteiger partial charge in [0.05, 0.1) is 7.11 Å². The topological polar surface area (TPSA) is 58.5 Å². The quantitative estimate of drug-likeness (QED) is 0.395. The lowest BCUT2D eigenvalue weighted by atomic mass is 10.1. The summed E-state index contributed by atoms with van der Waals surface area (Å²) < 4.78 is 5.04. The van der Waals surface area contributed by atoms with Gasteiger partial charge in [-0.15, -0.1) is 24.0 Å². The number of ether oxygens (including phenoxy) is 1. The molecule has 7 heteroatoms. The molecule has 0 aliphatic heterocycles. The summed E-state index contributed by atoms with van der Waals surface area (Å²) in [6, 6.07) is 11.7. The molecule has 0 aliphatic rings. The highest BCUT2D eigenvalue weighted by Gasteiger charge is 2.00. The molecule has 130 valence electrons. The van der Waals surface area contributed by atoms with Crippen molar-refractivity contribution in [3.63, 3.8) is 0 Å². The van der Waals surface area contributed by atoms with Gasteiger partial charge in [0, 0.05) is 37.4 Å². The SMILES string of the molecule is CN=C(NCCc1ccc(Cl)cc1)NCc1ccc(OC)nc1.I. The predicted octanol–water partition coefficient (Wildman–Crippen LogP) is 3.27. The van der Waals surface area contributed by atoms with E-state index in [1.807, 2.05) is 36.4 Å². The van der Waals surface area contributed by atoms with Gasteiger partial charge in [0.15, 0.2) is 5.96 Å². The number of benzene rings is 1. The van der Waals surface area contributed by atoms with Gasteiger partial charge < -0.3 is 15.4 Å². The van der Waals surface area contributed by atoms with Gasteiger partial charge in [0.1, 0.15) is 0 Å². The zero-order chi connectivity index (χ0) is 16.5. The van der Waals surface area contributed by atoms with E-state index in [4.69, 9.17) is 16.3 Å². The monoisotopic (exact) mass is 460 g/mol. The van der Waals surface area contributed by atoms with Crippen molar-refractivity contribution in [1.82, 2.24) is 15.6 Å². The third-order valence-corrected chi connectivity index (χ3v) is 3.56. The van der Waals surface area contributed by atoms with Crippen LogP contribution >= 0.6 is 35.6 Å². The Balaban J connectivity index is 0.00000288. The summed E-state index contributed by atoms with van der Waals surface area (Å²) in [6.07, 6.45) is 2.69. The molecule has 1 aromatic heterocycles. The molecule has 0 saturated heterocycles. The van der Waals surface area contributed by atoms with Crippen molar-refractivity contribution in [3.8, 4) is 5.88 Å². The van der Waals surface area contributed by atoms with Crippen LogP contribution in [0.2, 0.25) is 5.02 Å². The zero-order valence-electron chi connectivity index (χ0n) is 13.8. The number of methoxy groups -OCH3 is 1. The first-order valence-electron chi connectivity index (χ1n) is 7.39. The summed E-state index contributed by atoms with van der Waals surface area (Å²) in [5.41, 5.74) is 2.29. The highest BCUT2D eigenvalue weighted by atomic mass is 127. The van der Waals surface area contributed by atoms with E-state index in [2.05, 4.69) is 20.6 Å². The van der Waals surface area contributed by atoms with Crippen molar-refractivity contribution in [3.05, 3.63) is 58.7 Å². The van der Waals surface area contributed by atoms with E-state index in [0.29, 0.717) is 12.4 Å². The number of nitrogens with one attached hydrogen (secondary N) is 2. The number of guanidine groups is 1. The summed E-state index contributed by atoms with van der Waals surface area (Å²) in [7, 11) is 3.36. The smallest absolute Gasteiger partial charge is 0.212 e. The lowest BCUT2D eigenvalue weighted by Gasteiger charge is -2.12. The Morgan fingerprint density at radius 1 is 1.12 bits per heavy atom. The van der Waals surface area contributed by atoms with E-state index < -0.39 is 0 Å². The summed E-state index contributed by atoms with van der Waals surface area (Å²) in [5.74, 6) is 1.37. The molecule has 2 N–H and O–H groups in total. The Kier molecular flexibility index (Phi) is 9.48. The molecule has 5 nitrogen and oxygen atoms in total. The van der Waals surface area contributed by atoms with Crippen LogP contribution in [-0.4, -0.2) is 31.6 Å². The fourth-order valence-corrected chi connectivity index (χ4v) is 2.14. The van der Waals surface area contributed by atoms with Crippen LogP contribution in [0.15, 0.2) is 47.6 Å². The lowest BCUT2D eigenvalue weighted by Crippen LogP contribution is -2.37. The molecule has 0 fully saturated rings. The van der Waals surface area contributed by atoms with Crippen molar-refractivity contribution in [2.45, 2.75) is 13.0 Å². The third-order valence-electron chi connectivity index (χ3n) is 3.31. The number of aromatic nitrogens is 1. The molecular weight excluding hydrogens is 439 g/mol. The molecule has 2 aromatic rings. The standard InChI is InChI=1S/C17H21ClN4O.HI/c1-19-17(20-10-9-13-3-6-15(18)7-4-13)22-12-14-5-8-16(23-2)21-11-14;/h3-8,11H,9-10,12H2,1-2H3,(H2,19,20,22);1H. The minimum Gasteiger partial charge on any atom is -0.481 e. The minimum absolute atomic E-state index is 0. The molecule has 0 bridgehead atoms. The molecule has 2 rings (SSSR count). The number of aliphatic imine (C=N–C) groups is 1. The van der Waals surface area contributed by atoms with Crippen molar-refractivity contribution in [2.75, 3.05) is 20.7 Å². The summed E-state index contributed by atoms with van der Waals surface area (Å²) >= 11 is 5.88. The fraction of sp³-hybridized carbons (Fsp3) is 0.294. The molecule has 0 amide bonds. The Hall–Kier alpha value is -1.54. The normalized spacial score (nSPS) is 10.7. The van der Waals surface area contributed by atoms with E-state index in [-0.39, 0.29) is 24.0 Å². The van der Waals surface area contributed by atoms with Crippen LogP contribution in [0.4, 0.5) is 0 Å². The number of halogens is 2. The molecule has 1 aromatic carbocycles. The molecule has 0 spiro atoms. The van der Waals surface area contributed by atoms with Crippen LogP contribution in [-0.2, 0) is 13.0 Å². The number of nitrogens with zero attached hydrogens (tertiary/aromatic N) is 2. The molecular formula is C17H22ClIN4O. The van der Waals surface area contributed by atoms with Gasteiger partial charge in [0.2, 0.25) is 5.88 Å².